The van der Waals surface area contributed by atoms with Gasteiger partial charge in [-0.3, -0.25) is 14.8 Å². The molecule has 0 spiro atoms. The van der Waals surface area contributed by atoms with Crippen LogP contribution in [-0.2, 0) is 11.3 Å². The number of benzene rings is 1. The van der Waals surface area contributed by atoms with Crippen molar-refractivity contribution in [2.45, 2.75) is 27.3 Å². The predicted octanol–water partition coefficient (Wildman–Crippen LogP) is 2.33. The zero-order chi connectivity index (χ0) is 17.1. The van der Waals surface area contributed by atoms with E-state index in [2.05, 4.69) is 5.10 Å². The van der Waals surface area contributed by atoms with Gasteiger partial charge in [0.15, 0.2) is 11.5 Å². The molecule has 0 saturated carbocycles. The molecule has 0 aliphatic heterocycles. The fourth-order valence-corrected chi connectivity index (χ4v) is 2.24. The van der Waals surface area contributed by atoms with Gasteiger partial charge in [0.25, 0.3) is 0 Å². The molecule has 0 radical (unpaired) electrons. The minimum absolute atomic E-state index is 0.0919. The van der Waals surface area contributed by atoms with Crippen LogP contribution in [0.2, 0.25) is 0 Å². The molecule has 2 rings (SSSR count). The molecular weight excluding hydrogens is 302 g/mol. The second-order valence-electron chi connectivity index (χ2n) is 5.06. The van der Waals surface area contributed by atoms with Gasteiger partial charge in [-0.15, -0.1) is 0 Å². The lowest BCUT2D eigenvalue weighted by atomic mass is 10.2. The van der Waals surface area contributed by atoms with Gasteiger partial charge in [0.2, 0.25) is 0 Å². The normalized spacial score (nSPS) is 10.4. The molecule has 1 heterocycles. The van der Waals surface area contributed by atoms with E-state index in [1.807, 2.05) is 6.92 Å². The van der Waals surface area contributed by atoms with E-state index >= 15 is 0 Å². The third-order valence-corrected chi connectivity index (χ3v) is 3.35. The van der Waals surface area contributed by atoms with Gasteiger partial charge in [0.1, 0.15) is 17.9 Å². The van der Waals surface area contributed by atoms with Gasteiger partial charge in [0, 0.05) is 0 Å². The number of aromatic nitrogens is 2. The molecule has 122 valence electrons. The Bertz CT molecular complexity index is 767. The van der Waals surface area contributed by atoms with E-state index in [1.165, 1.54) is 25.6 Å². The summed E-state index contributed by atoms with van der Waals surface area (Å²) < 4.78 is 11.7. The standard InChI is InChI=1S/C15H17N3O5/c1-9-5-6-12(13(7-9)22-4)23-14(19)8-17-11(3)15(18(20)21)10(2)16-17/h5-7H,8H2,1-4H3. The largest absolute Gasteiger partial charge is 0.493 e. The molecule has 8 nitrogen and oxygen atoms in total. The Morgan fingerprint density at radius 1 is 1.30 bits per heavy atom. The van der Waals surface area contributed by atoms with Crippen LogP contribution in [0.5, 0.6) is 11.5 Å². The molecule has 0 saturated heterocycles. The average molecular weight is 319 g/mol. The van der Waals surface area contributed by atoms with Gasteiger partial charge in [-0.1, -0.05) is 6.07 Å². The molecule has 0 amide bonds. The Morgan fingerprint density at radius 2 is 2.00 bits per heavy atom. The van der Waals surface area contributed by atoms with Crippen LogP contribution in [0.25, 0.3) is 0 Å². The third-order valence-electron chi connectivity index (χ3n) is 3.35. The number of nitro groups is 1. The van der Waals surface area contributed by atoms with Crippen molar-refractivity contribution in [1.82, 2.24) is 9.78 Å². The van der Waals surface area contributed by atoms with Crippen LogP contribution < -0.4 is 9.47 Å². The number of ether oxygens (including phenoxy) is 2. The molecule has 8 heteroatoms. The minimum atomic E-state index is -0.590. The molecule has 0 bridgehead atoms. The van der Waals surface area contributed by atoms with Crippen molar-refractivity contribution in [3.63, 3.8) is 0 Å². The number of hydrogen-bond acceptors (Lipinski definition) is 6. The predicted molar refractivity (Wildman–Crippen MR) is 81.7 cm³/mol. The number of esters is 1. The van der Waals surface area contributed by atoms with Crippen molar-refractivity contribution in [2.24, 2.45) is 0 Å². The average Bonchev–Trinajstić information content (AvgIpc) is 2.75. The third kappa shape index (κ3) is 3.47. The topological polar surface area (TPSA) is 96.5 Å². The molecule has 1 aromatic carbocycles. The highest BCUT2D eigenvalue weighted by Crippen LogP contribution is 2.28. The van der Waals surface area contributed by atoms with E-state index in [0.717, 1.165) is 5.56 Å². The molecule has 2 aromatic rings. The van der Waals surface area contributed by atoms with E-state index in [1.54, 1.807) is 18.2 Å². The first kappa shape index (κ1) is 16.5. The van der Waals surface area contributed by atoms with Gasteiger partial charge in [-0.05, 0) is 38.5 Å². The number of carbonyl (C=O) groups excluding carboxylic acids is 1. The van der Waals surface area contributed by atoms with Crippen LogP contribution in [0.4, 0.5) is 5.69 Å². The maximum atomic E-state index is 12.1. The number of hydrogen-bond donors (Lipinski definition) is 0. The monoisotopic (exact) mass is 319 g/mol. The summed E-state index contributed by atoms with van der Waals surface area (Å²) in [7, 11) is 1.48. The van der Waals surface area contributed by atoms with Crippen LogP contribution in [0, 0.1) is 30.9 Å². The Morgan fingerprint density at radius 3 is 2.57 bits per heavy atom. The minimum Gasteiger partial charge on any atom is -0.493 e. The van der Waals surface area contributed by atoms with Crippen molar-refractivity contribution in [1.29, 1.82) is 0 Å². The highest BCUT2D eigenvalue weighted by molar-refractivity contribution is 5.73. The maximum Gasteiger partial charge on any atom is 0.333 e. The first-order valence-corrected chi connectivity index (χ1v) is 6.87. The van der Waals surface area contributed by atoms with Crippen molar-refractivity contribution in [2.75, 3.05) is 7.11 Å². The van der Waals surface area contributed by atoms with E-state index in [9.17, 15) is 14.9 Å². The number of nitrogens with zero attached hydrogens (tertiary/aromatic N) is 3. The number of carbonyl (C=O) groups is 1. The maximum absolute atomic E-state index is 12.1. The van der Waals surface area contributed by atoms with Crippen LogP contribution in [0.15, 0.2) is 18.2 Å². The first-order valence-electron chi connectivity index (χ1n) is 6.87. The second-order valence-corrected chi connectivity index (χ2v) is 5.06. The van der Waals surface area contributed by atoms with Crippen LogP contribution in [0.1, 0.15) is 17.0 Å². The molecule has 0 aliphatic rings. The Hall–Kier alpha value is -2.90. The van der Waals surface area contributed by atoms with Crippen LogP contribution >= 0.6 is 0 Å². The number of aryl methyl sites for hydroxylation is 2. The van der Waals surface area contributed by atoms with Gasteiger partial charge < -0.3 is 9.47 Å². The molecule has 0 fully saturated rings. The quantitative estimate of drug-likeness (QED) is 0.363. The summed E-state index contributed by atoms with van der Waals surface area (Å²) in [4.78, 5) is 22.5. The molecule has 1 aromatic heterocycles. The highest BCUT2D eigenvalue weighted by atomic mass is 16.6. The first-order chi connectivity index (χ1) is 10.8. The summed E-state index contributed by atoms with van der Waals surface area (Å²) in [6.45, 7) is 4.73. The number of methoxy groups -OCH3 is 1. The van der Waals surface area contributed by atoms with Crippen molar-refractivity contribution in [3.05, 3.63) is 45.3 Å². The molecule has 0 unspecified atom stereocenters. The fourth-order valence-electron chi connectivity index (χ4n) is 2.24. The molecule has 0 aliphatic carbocycles. The van der Waals surface area contributed by atoms with Gasteiger partial charge in [-0.25, -0.2) is 4.79 Å². The Balaban J connectivity index is 2.18. The summed E-state index contributed by atoms with van der Waals surface area (Å²) in [6, 6.07) is 5.17. The zero-order valence-electron chi connectivity index (χ0n) is 13.3. The SMILES string of the molecule is COc1cc(C)ccc1OC(=O)Cn1nc(C)c([N+](=O)[O-])c1C. The van der Waals surface area contributed by atoms with Gasteiger partial charge >= 0.3 is 11.7 Å². The zero-order valence-corrected chi connectivity index (χ0v) is 13.3. The van der Waals surface area contributed by atoms with Gasteiger partial charge in [-0.2, -0.15) is 5.10 Å². The lowest BCUT2D eigenvalue weighted by Gasteiger charge is -2.10. The van der Waals surface area contributed by atoms with Gasteiger partial charge in [0.05, 0.1) is 12.0 Å². The Kier molecular flexibility index (Phi) is 4.63. The van der Waals surface area contributed by atoms with E-state index in [4.69, 9.17) is 9.47 Å². The Labute approximate surface area is 132 Å². The lowest BCUT2D eigenvalue weighted by molar-refractivity contribution is -0.386. The van der Waals surface area contributed by atoms with Crippen molar-refractivity contribution >= 4 is 11.7 Å². The fraction of sp³-hybridized carbons (Fsp3) is 0.333. The van der Waals surface area contributed by atoms with Crippen LogP contribution in [0.3, 0.4) is 0 Å². The smallest absolute Gasteiger partial charge is 0.333 e. The molecule has 23 heavy (non-hydrogen) atoms. The second kappa shape index (κ2) is 6.47. The summed E-state index contributed by atoms with van der Waals surface area (Å²) >= 11 is 0. The lowest BCUT2D eigenvalue weighted by Crippen LogP contribution is -2.18. The summed E-state index contributed by atoms with van der Waals surface area (Å²) in [6.07, 6.45) is 0. The summed E-state index contributed by atoms with van der Waals surface area (Å²) in [5, 5.41) is 15.0. The molecular formula is C15H17N3O5. The van der Waals surface area contributed by atoms with Crippen molar-refractivity contribution in [3.8, 4) is 11.5 Å². The summed E-state index contributed by atoms with van der Waals surface area (Å²) in [5.41, 5.74) is 1.44. The van der Waals surface area contributed by atoms with E-state index in [-0.39, 0.29) is 17.9 Å². The number of rotatable bonds is 5. The molecule has 0 atom stereocenters. The van der Waals surface area contributed by atoms with Crippen LogP contribution in [-0.4, -0.2) is 27.8 Å². The highest BCUT2D eigenvalue weighted by Gasteiger charge is 2.23. The van der Waals surface area contributed by atoms with E-state index < -0.39 is 10.9 Å². The molecule has 0 N–H and O–H groups in total. The van der Waals surface area contributed by atoms with E-state index in [0.29, 0.717) is 17.2 Å². The van der Waals surface area contributed by atoms with Crippen molar-refractivity contribution < 1.29 is 19.2 Å². The summed E-state index contributed by atoms with van der Waals surface area (Å²) in [5.74, 6) is 0.143.